The quantitative estimate of drug-likeness (QED) is 0.894. The SMILES string of the molecule is Cc1ccc(Br)c(C(=O)NCC2(C(=O)O)CCC2)c1. The highest BCUT2D eigenvalue weighted by molar-refractivity contribution is 9.10. The molecule has 5 heteroatoms. The fourth-order valence-corrected chi connectivity index (χ4v) is 2.65. The summed E-state index contributed by atoms with van der Waals surface area (Å²) in [4.78, 5) is 23.3. The standard InChI is InChI=1S/C14H16BrNO3/c1-9-3-4-11(15)10(7-9)12(17)16-8-14(13(18)19)5-2-6-14/h3-4,7H,2,5-6,8H2,1H3,(H,16,17)(H,18,19). The first kappa shape index (κ1) is 14.1. The van der Waals surface area contributed by atoms with Gasteiger partial charge in [0.2, 0.25) is 0 Å². The number of hydrogen-bond donors (Lipinski definition) is 2. The molecule has 0 saturated heterocycles. The van der Waals surface area contributed by atoms with Crippen molar-refractivity contribution in [3.8, 4) is 0 Å². The number of carboxylic acids is 1. The summed E-state index contributed by atoms with van der Waals surface area (Å²) in [5.41, 5.74) is 0.774. The molecule has 1 fully saturated rings. The van der Waals surface area contributed by atoms with Crippen molar-refractivity contribution in [2.45, 2.75) is 26.2 Å². The molecule has 1 saturated carbocycles. The summed E-state index contributed by atoms with van der Waals surface area (Å²) in [6.07, 6.45) is 2.19. The lowest BCUT2D eigenvalue weighted by molar-refractivity contribution is -0.153. The zero-order valence-corrected chi connectivity index (χ0v) is 12.3. The minimum absolute atomic E-state index is 0.196. The fourth-order valence-electron chi connectivity index (χ4n) is 2.23. The van der Waals surface area contributed by atoms with Crippen LogP contribution in [0.3, 0.4) is 0 Å². The zero-order valence-electron chi connectivity index (χ0n) is 10.7. The van der Waals surface area contributed by atoms with E-state index in [1.54, 1.807) is 6.07 Å². The van der Waals surface area contributed by atoms with E-state index >= 15 is 0 Å². The molecule has 2 N–H and O–H groups in total. The van der Waals surface area contributed by atoms with Crippen molar-refractivity contribution in [3.63, 3.8) is 0 Å². The first-order chi connectivity index (χ1) is 8.94. The summed E-state index contributed by atoms with van der Waals surface area (Å²) >= 11 is 3.33. The average molecular weight is 326 g/mol. The fraction of sp³-hybridized carbons (Fsp3) is 0.429. The minimum Gasteiger partial charge on any atom is -0.481 e. The third kappa shape index (κ3) is 2.81. The van der Waals surface area contributed by atoms with Crippen LogP contribution in [0.15, 0.2) is 22.7 Å². The van der Waals surface area contributed by atoms with Crippen molar-refractivity contribution in [1.82, 2.24) is 5.32 Å². The largest absolute Gasteiger partial charge is 0.481 e. The third-order valence-electron chi connectivity index (χ3n) is 3.72. The second-order valence-corrected chi connectivity index (χ2v) is 5.96. The van der Waals surface area contributed by atoms with Crippen molar-refractivity contribution in [1.29, 1.82) is 0 Å². The van der Waals surface area contributed by atoms with Crippen LogP contribution in [-0.2, 0) is 4.79 Å². The molecule has 1 aliphatic carbocycles. The summed E-state index contributed by atoms with van der Waals surface area (Å²) in [6.45, 7) is 2.11. The van der Waals surface area contributed by atoms with Gasteiger partial charge in [0.05, 0.1) is 11.0 Å². The van der Waals surface area contributed by atoms with Gasteiger partial charge in [-0.05, 0) is 47.8 Å². The maximum atomic E-state index is 12.1. The molecule has 0 spiro atoms. The molecule has 1 aromatic rings. The van der Waals surface area contributed by atoms with Gasteiger partial charge in [-0.2, -0.15) is 0 Å². The van der Waals surface area contributed by atoms with E-state index in [0.29, 0.717) is 22.9 Å². The van der Waals surface area contributed by atoms with Gasteiger partial charge in [0.25, 0.3) is 5.91 Å². The number of carboxylic acid groups (broad SMARTS) is 1. The number of aryl methyl sites for hydroxylation is 1. The van der Waals surface area contributed by atoms with Gasteiger partial charge in [0.1, 0.15) is 0 Å². The maximum Gasteiger partial charge on any atom is 0.311 e. The molecule has 0 unspecified atom stereocenters. The highest BCUT2D eigenvalue weighted by Crippen LogP contribution is 2.40. The monoisotopic (exact) mass is 325 g/mol. The molecule has 1 amide bonds. The van der Waals surface area contributed by atoms with Gasteiger partial charge in [-0.1, -0.05) is 18.1 Å². The molecule has 102 valence electrons. The van der Waals surface area contributed by atoms with E-state index in [-0.39, 0.29) is 12.5 Å². The normalized spacial score (nSPS) is 16.5. The molecule has 19 heavy (non-hydrogen) atoms. The molecule has 0 atom stereocenters. The molecule has 1 aromatic carbocycles. The third-order valence-corrected chi connectivity index (χ3v) is 4.41. The lowest BCUT2D eigenvalue weighted by Crippen LogP contribution is -2.47. The van der Waals surface area contributed by atoms with E-state index in [1.807, 2.05) is 19.1 Å². The second-order valence-electron chi connectivity index (χ2n) is 5.11. The number of hydrogen-bond acceptors (Lipinski definition) is 2. The van der Waals surface area contributed by atoms with Crippen LogP contribution in [-0.4, -0.2) is 23.5 Å². The van der Waals surface area contributed by atoms with Crippen LogP contribution in [0.4, 0.5) is 0 Å². The number of aliphatic carboxylic acids is 1. The number of carbonyl (C=O) groups is 2. The number of amides is 1. The van der Waals surface area contributed by atoms with Crippen molar-refractivity contribution in [3.05, 3.63) is 33.8 Å². The van der Waals surface area contributed by atoms with Crippen molar-refractivity contribution in [2.24, 2.45) is 5.41 Å². The lowest BCUT2D eigenvalue weighted by Gasteiger charge is -2.37. The van der Waals surface area contributed by atoms with Gasteiger partial charge in [-0.3, -0.25) is 9.59 Å². The molecular weight excluding hydrogens is 310 g/mol. The van der Waals surface area contributed by atoms with E-state index in [4.69, 9.17) is 0 Å². The Morgan fingerprint density at radius 2 is 2.11 bits per heavy atom. The van der Waals surface area contributed by atoms with Gasteiger partial charge >= 0.3 is 5.97 Å². The Morgan fingerprint density at radius 3 is 2.63 bits per heavy atom. The van der Waals surface area contributed by atoms with Gasteiger partial charge < -0.3 is 10.4 Å². The van der Waals surface area contributed by atoms with Crippen molar-refractivity contribution >= 4 is 27.8 Å². The first-order valence-corrected chi connectivity index (χ1v) is 7.02. The predicted octanol–water partition coefficient (Wildman–Crippen LogP) is 2.74. The summed E-state index contributed by atoms with van der Waals surface area (Å²) in [6, 6.07) is 5.51. The number of nitrogens with one attached hydrogen (secondary N) is 1. The Hall–Kier alpha value is -1.36. The van der Waals surface area contributed by atoms with Crippen LogP contribution in [0.25, 0.3) is 0 Å². The van der Waals surface area contributed by atoms with Crippen LogP contribution in [0.1, 0.15) is 35.2 Å². The Kier molecular flexibility index (Phi) is 3.94. The Morgan fingerprint density at radius 1 is 1.42 bits per heavy atom. The number of rotatable bonds is 4. The zero-order chi connectivity index (χ0) is 14.0. The van der Waals surface area contributed by atoms with E-state index < -0.39 is 11.4 Å². The molecule has 0 radical (unpaired) electrons. The molecular formula is C14H16BrNO3. The Balaban J connectivity index is 2.05. The molecule has 2 rings (SSSR count). The Bertz CT molecular complexity index is 523. The number of carbonyl (C=O) groups excluding carboxylic acids is 1. The molecule has 0 bridgehead atoms. The minimum atomic E-state index is -0.817. The molecule has 1 aliphatic rings. The van der Waals surface area contributed by atoms with Gasteiger partial charge in [-0.15, -0.1) is 0 Å². The topological polar surface area (TPSA) is 66.4 Å². The lowest BCUT2D eigenvalue weighted by atomic mass is 9.69. The van der Waals surface area contributed by atoms with E-state index in [2.05, 4.69) is 21.2 Å². The number of benzene rings is 1. The average Bonchev–Trinajstić information content (AvgIpc) is 2.30. The van der Waals surface area contributed by atoms with Crippen molar-refractivity contribution < 1.29 is 14.7 Å². The van der Waals surface area contributed by atoms with Crippen LogP contribution >= 0.6 is 15.9 Å². The highest BCUT2D eigenvalue weighted by Gasteiger charge is 2.44. The summed E-state index contributed by atoms with van der Waals surface area (Å²) in [7, 11) is 0. The van der Waals surface area contributed by atoms with Gasteiger partial charge in [0, 0.05) is 11.0 Å². The second kappa shape index (κ2) is 5.33. The Labute approximate surface area is 120 Å². The molecule has 0 heterocycles. The molecule has 4 nitrogen and oxygen atoms in total. The van der Waals surface area contributed by atoms with E-state index in [1.165, 1.54) is 0 Å². The van der Waals surface area contributed by atoms with Crippen LogP contribution in [0, 0.1) is 12.3 Å². The van der Waals surface area contributed by atoms with Crippen LogP contribution in [0.2, 0.25) is 0 Å². The van der Waals surface area contributed by atoms with E-state index in [9.17, 15) is 14.7 Å². The smallest absolute Gasteiger partial charge is 0.311 e. The first-order valence-electron chi connectivity index (χ1n) is 6.22. The highest BCUT2D eigenvalue weighted by atomic mass is 79.9. The molecule has 0 aliphatic heterocycles. The van der Waals surface area contributed by atoms with Crippen LogP contribution in [0.5, 0.6) is 0 Å². The van der Waals surface area contributed by atoms with E-state index in [0.717, 1.165) is 12.0 Å². The maximum absolute atomic E-state index is 12.1. The van der Waals surface area contributed by atoms with Gasteiger partial charge in [-0.25, -0.2) is 0 Å². The summed E-state index contributed by atoms with van der Waals surface area (Å²) in [5.74, 6) is -1.05. The molecule has 0 aromatic heterocycles. The number of halogens is 1. The predicted molar refractivity (Wildman–Crippen MR) is 75.1 cm³/mol. The van der Waals surface area contributed by atoms with Crippen LogP contribution < -0.4 is 5.32 Å². The summed E-state index contributed by atoms with van der Waals surface area (Å²) in [5, 5.41) is 11.9. The van der Waals surface area contributed by atoms with Crippen molar-refractivity contribution in [2.75, 3.05) is 6.54 Å². The van der Waals surface area contributed by atoms with Gasteiger partial charge in [0.15, 0.2) is 0 Å². The summed E-state index contributed by atoms with van der Waals surface area (Å²) < 4.78 is 0.716.